The number of carboxylic acids is 1. The summed E-state index contributed by atoms with van der Waals surface area (Å²) in [5.74, 6) is -1.29. The van der Waals surface area contributed by atoms with E-state index >= 15 is 0 Å². The smallest absolute Gasteiger partial charge is 0.342 e. The Morgan fingerprint density at radius 3 is 2.71 bits per heavy atom. The van der Waals surface area contributed by atoms with Gasteiger partial charge in [-0.15, -0.1) is 11.8 Å². The zero-order chi connectivity index (χ0) is 12.4. The summed E-state index contributed by atoms with van der Waals surface area (Å²) in [6.45, 7) is 1.25. The Bertz CT molecular complexity index is 472. The maximum absolute atomic E-state index is 10.8. The second kappa shape index (κ2) is 4.72. The number of hydrogen-bond acceptors (Lipinski definition) is 5. The van der Waals surface area contributed by atoms with E-state index in [1.165, 1.54) is 23.9 Å². The molecule has 0 spiro atoms. The highest BCUT2D eigenvalue weighted by Gasteiger charge is 2.23. The average molecular weight is 255 g/mol. The van der Waals surface area contributed by atoms with E-state index in [2.05, 4.69) is 0 Å². The molecule has 1 heterocycles. The molecule has 0 atom stereocenters. The highest BCUT2D eigenvalue weighted by atomic mass is 32.2. The normalized spacial score (nSPS) is 15.3. The van der Waals surface area contributed by atoms with Crippen LogP contribution in [-0.4, -0.2) is 34.5 Å². The first-order valence-corrected chi connectivity index (χ1v) is 5.72. The van der Waals surface area contributed by atoms with Gasteiger partial charge >= 0.3 is 5.97 Å². The van der Waals surface area contributed by atoms with Crippen LogP contribution in [-0.2, 0) is 4.74 Å². The molecule has 7 heteroatoms. The van der Waals surface area contributed by atoms with Crippen LogP contribution in [0.1, 0.15) is 10.4 Å². The number of aromatic carboxylic acids is 1. The van der Waals surface area contributed by atoms with Gasteiger partial charge in [0.2, 0.25) is 0 Å². The van der Waals surface area contributed by atoms with Gasteiger partial charge in [0.05, 0.1) is 23.4 Å². The van der Waals surface area contributed by atoms with Gasteiger partial charge < -0.3 is 9.84 Å². The van der Waals surface area contributed by atoms with Crippen molar-refractivity contribution in [1.82, 2.24) is 0 Å². The number of benzene rings is 1. The van der Waals surface area contributed by atoms with Crippen LogP contribution in [0.3, 0.4) is 0 Å². The van der Waals surface area contributed by atoms with Crippen LogP contribution in [0.2, 0.25) is 0 Å². The van der Waals surface area contributed by atoms with Crippen LogP contribution < -0.4 is 0 Å². The maximum atomic E-state index is 10.8. The summed E-state index contributed by atoms with van der Waals surface area (Å²) in [5.41, 5.74) is -0.660. The SMILES string of the molecule is O=C(O)c1ccc(SC2COC2)cc1[N+](=O)[O-]. The molecule has 1 aromatic rings. The molecule has 1 N–H and O–H groups in total. The van der Waals surface area contributed by atoms with E-state index in [-0.39, 0.29) is 11.3 Å². The number of carboxylic acid groups (broad SMARTS) is 1. The standard InChI is InChI=1S/C10H9NO5S/c12-10(13)8-2-1-6(3-9(8)11(14)15)17-7-4-16-5-7/h1-3,7H,4-5H2,(H,12,13). The van der Waals surface area contributed by atoms with Crippen molar-refractivity contribution in [3.05, 3.63) is 33.9 Å². The van der Waals surface area contributed by atoms with Crippen molar-refractivity contribution in [2.75, 3.05) is 13.2 Å². The molecule has 2 rings (SSSR count). The fourth-order valence-electron chi connectivity index (χ4n) is 1.39. The second-order valence-corrected chi connectivity index (χ2v) is 4.89. The van der Waals surface area contributed by atoms with Crippen molar-refractivity contribution in [1.29, 1.82) is 0 Å². The minimum atomic E-state index is -1.29. The van der Waals surface area contributed by atoms with Gasteiger partial charge in [-0.05, 0) is 12.1 Å². The molecule has 1 aliphatic heterocycles. The first-order chi connectivity index (χ1) is 8.08. The minimum Gasteiger partial charge on any atom is -0.477 e. The molecule has 1 saturated heterocycles. The Labute approximate surface area is 101 Å². The zero-order valence-corrected chi connectivity index (χ0v) is 9.48. The van der Waals surface area contributed by atoms with E-state index in [9.17, 15) is 14.9 Å². The van der Waals surface area contributed by atoms with Gasteiger partial charge in [-0.1, -0.05) is 0 Å². The van der Waals surface area contributed by atoms with Crippen molar-refractivity contribution in [3.8, 4) is 0 Å². The number of rotatable bonds is 4. The van der Waals surface area contributed by atoms with Crippen molar-refractivity contribution in [2.24, 2.45) is 0 Å². The zero-order valence-electron chi connectivity index (χ0n) is 8.66. The van der Waals surface area contributed by atoms with Crippen LogP contribution in [0.5, 0.6) is 0 Å². The Morgan fingerprint density at radius 1 is 1.53 bits per heavy atom. The van der Waals surface area contributed by atoms with Gasteiger partial charge in [-0.25, -0.2) is 4.79 Å². The molecule has 0 aromatic heterocycles. The van der Waals surface area contributed by atoms with Gasteiger partial charge in [0.25, 0.3) is 5.69 Å². The van der Waals surface area contributed by atoms with E-state index in [4.69, 9.17) is 9.84 Å². The monoisotopic (exact) mass is 255 g/mol. The Kier molecular flexibility index (Phi) is 3.30. The summed E-state index contributed by atoms with van der Waals surface area (Å²) in [5, 5.41) is 19.9. The number of nitro groups is 1. The lowest BCUT2D eigenvalue weighted by Gasteiger charge is -2.25. The lowest BCUT2D eigenvalue weighted by molar-refractivity contribution is -0.385. The molecule has 0 aliphatic carbocycles. The summed E-state index contributed by atoms with van der Waals surface area (Å²) in [6.07, 6.45) is 0. The van der Waals surface area contributed by atoms with E-state index in [0.29, 0.717) is 23.4 Å². The number of thioether (sulfide) groups is 1. The van der Waals surface area contributed by atoms with Gasteiger partial charge in [0, 0.05) is 11.0 Å². The van der Waals surface area contributed by atoms with Crippen molar-refractivity contribution >= 4 is 23.4 Å². The highest BCUT2D eigenvalue weighted by molar-refractivity contribution is 8.00. The average Bonchev–Trinajstić information content (AvgIpc) is 2.23. The lowest BCUT2D eigenvalue weighted by Crippen LogP contribution is -2.30. The fraction of sp³-hybridized carbons (Fsp3) is 0.300. The molecule has 0 unspecified atom stereocenters. The molecule has 17 heavy (non-hydrogen) atoms. The van der Waals surface area contributed by atoms with Crippen molar-refractivity contribution in [2.45, 2.75) is 10.1 Å². The third-order valence-electron chi connectivity index (χ3n) is 2.31. The number of ether oxygens (including phenoxy) is 1. The van der Waals surface area contributed by atoms with Crippen molar-refractivity contribution < 1.29 is 19.6 Å². The van der Waals surface area contributed by atoms with Crippen molar-refractivity contribution in [3.63, 3.8) is 0 Å². The first-order valence-electron chi connectivity index (χ1n) is 4.84. The largest absolute Gasteiger partial charge is 0.477 e. The third kappa shape index (κ3) is 2.56. The fourth-order valence-corrected chi connectivity index (χ4v) is 2.43. The molecule has 0 amide bonds. The molecule has 0 bridgehead atoms. The van der Waals surface area contributed by atoms with Crippen LogP contribution in [0.4, 0.5) is 5.69 Å². The Morgan fingerprint density at radius 2 is 2.24 bits per heavy atom. The molecular formula is C10H9NO5S. The van der Waals surface area contributed by atoms with Gasteiger partial charge in [0.15, 0.2) is 0 Å². The first kappa shape index (κ1) is 11.9. The third-order valence-corrected chi connectivity index (χ3v) is 3.44. The minimum absolute atomic E-state index is 0.288. The quantitative estimate of drug-likeness (QED) is 0.651. The van der Waals surface area contributed by atoms with Crippen LogP contribution in [0.15, 0.2) is 23.1 Å². The highest BCUT2D eigenvalue weighted by Crippen LogP contribution is 2.31. The van der Waals surface area contributed by atoms with Crippen LogP contribution >= 0.6 is 11.8 Å². The molecule has 90 valence electrons. The number of carbonyl (C=O) groups is 1. The summed E-state index contributed by atoms with van der Waals surface area (Å²) >= 11 is 1.46. The predicted octanol–water partition coefficient (Wildman–Crippen LogP) is 1.78. The molecule has 1 aliphatic rings. The molecule has 1 fully saturated rings. The molecular weight excluding hydrogens is 246 g/mol. The van der Waals surface area contributed by atoms with Gasteiger partial charge in [-0.2, -0.15) is 0 Å². The molecule has 0 radical (unpaired) electrons. The number of nitrogens with zero attached hydrogens (tertiary/aromatic N) is 1. The van der Waals surface area contributed by atoms with Gasteiger partial charge in [-0.3, -0.25) is 10.1 Å². The van der Waals surface area contributed by atoms with E-state index in [0.717, 1.165) is 0 Å². The number of hydrogen-bond donors (Lipinski definition) is 1. The summed E-state index contributed by atoms with van der Waals surface area (Å²) in [4.78, 5) is 21.6. The van der Waals surface area contributed by atoms with Crippen LogP contribution in [0, 0.1) is 10.1 Å². The maximum Gasteiger partial charge on any atom is 0.342 e. The number of nitro benzene ring substituents is 1. The Balaban J connectivity index is 2.27. The summed E-state index contributed by atoms with van der Waals surface area (Å²) in [6, 6.07) is 4.15. The van der Waals surface area contributed by atoms with Gasteiger partial charge in [0.1, 0.15) is 5.56 Å². The predicted molar refractivity (Wildman–Crippen MR) is 60.5 cm³/mol. The summed E-state index contributed by atoms with van der Waals surface area (Å²) < 4.78 is 5.00. The Hall–Kier alpha value is -1.60. The summed E-state index contributed by atoms with van der Waals surface area (Å²) in [7, 11) is 0. The molecule has 6 nitrogen and oxygen atoms in total. The molecule has 0 saturated carbocycles. The topological polar surface area (TPSA) is 89.7 Å². The van der Waals surface area contributed by atoms with E-state index in [1.54, 1.807) is 6.07 Å². The lowest BCUT2D eigenvalue weighted by atomic mass is 10.2. The second-order valence-electron chi connectivity index (χ2n) is 3.52. The molecule has 1 aromatic carbocycles. The van der Waals surface area contributed by atoms with E-state index < -0.39 is 10.9 Å². The van der Waals surface area contributed by atoms with Crippen LogP contribution in [0.25, 0.3) is 0 Å². The van der Waals surface area contributed by atoms with E-state index in [1.807, 2.05) is 0 Å².